The number of hydrogen-bond acceptors (Lipinski definition) is 3. The minimum atomic E-state index is 0.308. The number of aromatic nitrogens is 2. The van der Waals surface area contributed by atoms with Crippen LogP contribution in [0.25, 0.3) is 11.3 Å². The molecule has 2 rings (SSSR count). The summed E-state index contributed by atoms with van der Waals surface area (Å²) >= 11 is 0. The average Bonchev–Trinajstić information content (AvgIpc) is 2.82. The zero-order valence-electron chi connectivity index (χ0n) is 11.1. The van der Waals surface area contributed by atoms with Gasteiger partial charge in [-0.05, 0) is 38.1 Å². The van der Waals surface area contributed by atoms with Crippen molar-refractivity contribution >= 4 is 0 Å². The third-order valence-electron chi connectivity index (χ3n) is 2.94. The lowest BCUT2D eigenvalue weighted by Gasteiger charge is -2.13. The lowest BCUT2D eigenvalue weighted by Crippen LogP contribution is -2.06. The largest absolute Gasteiger partial charge is 0.497 e. The highest BCUT2D eigenvalue weighted by atomic mass is 16.5. The molecule has 0 aliphatic heterocycles. The van der Waals surface area contributed by atoms with Crippen LogP contribution in [0.15, 0.2) is 30.5 Å². The van der Waals surface area contributed by atoms with E-state index in [4.69, 9.17) is 10.5 Å². The topological polar surface area (TPSA) is 53.1 Å². The van der Waals surface area contributed by atoms with Gasteiger partial charge in [-0.1, -0.05) is 0 Å². The van der Waals surface area contributed by atoms with E-state index in [1.165, 1.54) is 0 Å². The highest BCUT2D eigenvalue weighted by Crippen LogP contribution is 2.27. The molecule has 1 aromatic heterocycles. The maximum absolute atomic E-state index is 5.78. The van der Waals surface area contributed by atoms with E-state index in [1.807, 2.05) is 35.1 Å². The van der Waals surface area contributed by atoms with Crippen LogP contribution >= 0.6 is 0 Å². The van der Waals surface area contributed by atoms with Gasteiger partial charge in [-0.25, -0.2) is 0 Å². The fraction of sp³-hybridized carbons (Fsp3) is 0.357. The average molecular weight is 245 g/mol. The van der Waals surface area contributed by atoms with Gasteiger partial charge >= 0.3 is 0 Å². The van der Waals surface area contributed by atoms with Crippen LogP contribution < -0.4 is 10.5 Å². The maximum Gasteiger partial charge on any atom is 0.118 e. The van der Waals surface area contributed by atoms with E-state index in [0.29, 0.717) is 12.6 Å². The Morgan fingerprint density at radius 2 is 1.94 bits per heavy atom. The van der Waals surface area contributed by atoms with Crippen LogP contribution in [-0.4, -0.2) is 16.9 Å². The quantitative estimate of drug-likeness (QED) is 0.900. The number of benzene rings is 1. The van der Waals surface area contributed by atoms with Crippen LogP contribution in [0.3, 0.4) is 0 Å². The van der Waals surface area contributed by atoms with Crippen molar-refractivity contribution < 1.29 is 4.74 Å². The Labute approximate surface area is 107 Å². The number of rotatable bonds is 4. The Bertz CT molecular complexity index is 514. The second-order valence-electron chi connectivity index (χ2n) is 4.49. The second kappa shape index (κ2) is 5.23. The fourth-order valence-corrected chi connectivity index (χ4v) is 2.01. The molecule has 2 N–H and O–H groups in total. The molecule has 18 heavy (non-hydrogen) atoms. The molecule has 0 unspecified atom stereocenters. The summed E-state index contributed by atoms with van der Waals surface area (Å²) in [6.45, 7) is 4.72. The lowest BCUT2D eigenvalue weighted by molar-refractivity contribution is 0.415. The normalized spacial score (nSPS) is 10.9. The summed E-state index contributed by atoms with van der Waals surface area (Å²) in [6, 6.07) is 8.28. The lowest BCUT2D eigenvalue weighted by atomic mass is 10.1. The second-order valence-corrected chi connectivity index (χ2v) is 4.49. The Hall–Kier alpha value is -1.81. The Balaban J connectivity index is 2.50. The fourth-order valence-electron chi connectivity index (χ4n) is 2.01. The summed E-state index contributed by atoms with van der Waals surface area (Å²) in [6.07, 6.45) is 1.85. The van der Waals surface area contributed by atoms with E-state index in [9.17, 15) is 0 Å². The third kappa shape index (κ3) is 2.24. The van der Waals surface area contributed by atoms with E-state index in [0.717, 1.165) is 22.6 Å². The number of methoxy groups -OCH3 is 1. The first kappa shape index (κ1) is 12.6. The van der Waals surface area contributed by atoms with E-state index in [2.05, 4.69) is 18.9 Å². The zero-order valence-corrected chi connectivity index (χ0v) is 11.1. The first-order valence-electron chi connectivity index (χ1n) is 6.08. The molecule has 0 saturated heterocycles. The minimum absolute atomic E-state index is 0.308. The first-order valence-corrected chi connectivity index (χ1v) is 6.08. The van der Waals surface area contributed by atoms with Crippen molar-refractivity contribution in [3.8, 4) is 17.0 Å². The molecule has 0 amide bonds. The maximum atomic E-state index is 5.78. The molecule has 0 atom stereocenters. The summed E-state index contributed by atoms with van der Waals surface area (Å²) in [5, 5.41) is 4.41. The molecule has 0 spiro atoms. The monoisotopic (exact) mass is 245 g/mol. The van der Waals surface area contributed by atoms with Gasteiger partial charge in [-0.15, -0.1) is 0 Å². The standard InChI is InChI=1S/C14H19N3O/c1-10(2)17-14(12(8-15)9-16-17)11-4-6-13(18-3)7-5-11/h4-7,9-10H,8,15H2,1-3H3. The van der Waals surface area contributed by atoms with Gasteiger partial charge in [0.15, 0.2) is 0 Å². The first-order chi connectivity index (χ1) is 8.67. The summed E-state index contributed by atoms with van der Waals surface area (Å²) < 4.78 is 7.18. The number of ether oxygens (including phenoxy) is 1. The molecule has 1 heterocycles. The van der Waals surface area contributed by atoms with Gasteiger partial charge in [-0.3, -0.25) is 4.68 Å². The predicted octanol–water partition coefficient (Wildman–Crippen LogP) is 2.60. The van der Waals surface area contributed by atoms with Gasteiger partial charge in [0.1, 0.15) is 5.75 Å². The van der Waals surface area contributed by atoms with Gasteiger partial charge in [0.25, 0.3) is 0 Å². The van der Waals surface area contributed by atoms with E-state index >= 15 is 0 Å². The molecule has 96 valence electrons. The highest BCUT2D eigenvalue weighted by molar-refractivity contribution is 5.64. The molecule has 4 nitrogen and oxygen atoms in total. The third-order valence-corrected chi connectivity index (χ3v) is 2.94. The minimum Gasteiger partial charge on any atom is -0.497 e. The van der Waals surface area contributed by atoms with Crippen LogP contribution in [0.2, 0.25) is 0 Å². The molecule has 0 bridgehead atoms. The predicted molar refractivity (Wildman–Crippen MR) is 72.5 cm³/mol. The molecule has 0 aliphatic carbocycles. The van der Waals surface area contributed by atoms with Crippen LogP contribution in [0.5, 0.6) is 5.75 Å². The van der Waals surface area contributed by atoms with E-state index in [-0.39, 0.29) is 0 Å². The van der Waals surface area contributed by atoms with Crippen LogP contribution in [0.1, 0.15) is 25.5 Å². The van der Waals surface area contributed by atoms with Gasteiger partial charge in [-0.2, -0.15) is 5.10 Å². The van der Waals surface area contributed by atoms with Crippen LogP contribution in [0.4, 0.5) is 0 Å². The van der Waals surface area contributed by atoms with Crippen molar-refractivity contribution in [2.24, 2.45) is 5.73 Å². The van der Waals surface area contributed by atoms with E-state index < -0.39 is 0 Å². The van der Waals surface area contributed by atoms with Crippen molar-refractivity contribution in [2.45, 2.75) is 26.4 Å². The number of nitrogens with zero attached hydrogens (tertiary/aromatic N) is 2. The Kier molecular flexibility index (Phi) is 3.67. The summed E-state index contributed by atoms with van der Waals surface area (Å²) in [4.78, 5) is 0. The van der Waals surface area contributed by atoms with Crippen molar-refractivity contribution in [2.75, 3.05) is 7.11 Å². The molecule has 4 heteroatoms. The highest BCUT2D eigenvalue weighted by Gasteiger charge is 2.13. The molecule has 0 aliphatic rings. The molecule has 0 radical (unpaired) electrons. The zero-order chi connectivity index (χ0) is 13.1. The van der Waals surface area contributed by atoms with E-state index in [1.54, 1.807) is 7.11 Å². The molecular formula is C14H19N3O. The smallest absolute Gasteiger partial charge is 0.118 e. The van der Waals surface area contributed by atoms with Gasteiger partial charge < -0.3 is 10.5 Å². The summed E-state index contributed by atoms with van der Waals surface area (Å²) in [5.74, 6) is 0.851. The van der Waals surface area contributed by atoms with Gasteiger partial charge in [0.2, 0.25) is 0 Å². The Morgan fingerprint density at radius 3 is 2.44 bits per heavy atom. The molecular weight excluding hydrogens is 226 g/mol. The van der Waals surface area contributed by atoms with Crippen LogP contribution in [-0.2, 0) is 6.54 Å². The summed E-state index contributed by atoms with van der Waals surface area (Å²) in [5.41, 5.74) is 9.05. The molecule has 2 aromatic rings. The van der Waals surface area contributed by atoms with Crippen molar-refractivity contribution in [1.29, 1.82) is 0 Å². The van der Waals surface area contributed by atoms with Crippen molar-refractivity contribution in [3.05, 3.63) is 36.0 Å². The van der Waals surface area contributed by atoms with Crippen LogP contribution in [0, 0.1) is 0 Å². The Morgan fingerprint density at radius 1 is 1.28 bits per heavy atom. The SMILES string of the molecule is COc1ccc(-c2c(CN)cnn2C(C)C)cc1. The molecule has 0 fully saturated rings. The van der Waals surface area contributed by atoms with Crippen molar-refractivity contribution in [3.63, 3.8) is 0 Å². The summed E-state index contributed by atoms with van der Waals surface area (Å²) in [7, 11) is 1.67. The van der Waals surface area contributed by atoms with Gasteiger partial charge in [0.05, 0.1) is 19.0 Å². The van der Waals surface area contributed by atoms with Crippen molar-refractivity contribution in [1.82, 2.24) is 9.78 Å². The molecule has 0 saturated carbocycles. The number of hydrogen-bond donors (Lipinski definition) is 1. The number of nitrogens with two attached hydrogens (primary N) is 1. The van der Waals surface area contributed by atoms with Gasteiger partial charge in [0, 0.05) is 23.7 Å². The molecule has 1 aromatic carbocycles.